The summed E-state index contributed by atoms with van der Waals surface area (Å²) in [5.74, 6) is 2.88. The van der Waals surface area contributed by atoms with Gasteiger partial charge in [-0.2, -0.15) is 10.1 Å². The Labute approximate surface area is 136 Å². The third-order valence-electron chi connectivity index (χ3n) is 5.28. The van der Waals surface area contributed by atoms with Gasteiger partial charge in [-0.3, -0.25) is 9.58 Å². The molecule has 2 aromatic heterocycles. The van der Waals surface area contributed by atoms with Crippen LogP contribution in [0.15, 0.2) is 16.9 Å². The summed E-state index contributed by atoms with van der Waals surface area (Å²) in [5, 5.41) is 8.55. The molecule has 1 aliphatic heterocycles. The number of hydrogen-bond donors (Lipinski definition) is 0. The van der Waals surface area contributed by atoms with Gasteiger partial charge >= 0.3 is 0 Å². The first kappa shape index (κ1) is 14.9. The summed E-state index contributed by atoms with van der Waals surface area (Å²) in [5.41, 5.74) is 1.38. The van der Waals surface area contributed by atoms with Crippen LogP contribution in [0, 0.1) is 0 Å². The van der Waals surface area contributed by atoms with Crippen molar-refractivity contribution >= 4 is 0 Å². The maximum absolute atomic E-state index is 5.49. The molecule has 0 N–H and O–H groups in total. The lowest BCUT2D eigenvalue weighted by Crippen LogP contribution is -2.35. The normalized spacial score (nSPS) is 21.7. The zero-order chi connectivity index (χ0) is 15.8. The molecule has 1 aliphatic carbocycles. The largest absolute Gasteiger partial charge is 0.338 e. The fourth-order valence-corrected chi connectivity index (χ4v) is 3.46. The average Bonchev–Trinajstić information content (AvgIpc) is 3.14. The lowest BCUT2D eigenvalue weighted by molar-refractivity contribution is 0.136. The highest BCUT2D eigenvalue weighted by molar-refractivity contribution is 5.13. The van der Waals surface area contributed by atoms with E-state index in [1.807, 2.05) is 10.9 Å². The average molecular weight is 315 g/mol. The van der Waals surface area contributed by atoms with Crippen LogP contribution in [0.3, 0.4) is 0 Å². The molecule has 4 rings (SSSR count). The van der Waals surface area contributed by atoms with E-state index >= 15 is 0 Å². The van der Waals surface area contributed by atoms with E-state index in [1.54, 1.807) is 0 Å². The maximum Gasteiger partial charge on any atom is 0.243 e. The molecule has 2 aromatic rings. The molecule has 0 aromatic carbocycles. The van der Waals surface area contributed by atoms with Crippen LogP contribution in [0.4, 0.5) is 0 Å². The predicted molar refractivity (Wildman–Crippen MR) is 86.1 cm³/mol. The minimum absolute atomic E-state index is 0.217. The van der Waals surface area contributed by atoms with Gasteiger partial charge in [-0.1, -0.05) is 5.16 Å². The van der Waals surface area contributed by atoms with Crippen LogP contribution in [0.2, 0.25) is 0 Å². The van der Waals surface area contributed by atoms with E-state index in [-0.39, 0.29) is 6.04 Å². The van der Waals surface area contributed by atoms with E-state index in [1.165, 1.54) is 31.2 Å². The smallest absolute Gasteiger partial charge is 0.243 e. The SMILES string of the molecule is CCn1cc(C2CCN([C@@H](C)c3nc(C4CC4)no3)CC2)cn1. The Morgan fingerprint density at radius 3 is 2.65 bits per heavy atom. The Bertz CT molecular complexity index is 651. The summed E-state index contributed by atoms with van der Waals surface area (Å²) < 4.78 is 7.51. The first-order valence-electron chi connectivity index (χ1n) is 8.84. The maximum atomic E-state index is 5.49. The van der Waals surface area contributed by atoms with Crippen molar-refractivity contribution in [1.29, 1.82) is 0 Å². The van der Waals surface area contributed by atoms with Crippen molar-refractivity contribution in [1.82, 2.24) is 24.8 Å². The molecule has 1 atom stereocenters. The fourth-order valence-electron chi connectivity index (χ4n) is 3.46. The summed E-state index contributed by atoms with van der Waals surface area (Å²) >= 11 is 0. The fraction of sp³-hybridized carbons (Fsp3) is 0.706. The highest BCUT2D eigenvalue weighted by atomic mass is 16.5. The van der Waals surface area contributed by atoms with Crippen LogP contribution in [0.25, 0.3) is 0 Å². The number of aryl methyl sites for hydroxylation is 1. The van der Waals surface area contributed by atoms with Crippen LogP contribution in [0.1, 0.15) is 74.7 Å². The Hall–Kier alpha value is -1.69. The lowest BCUT2D eigenvalue weighted by Gasteiger charge is -2.34. The van der Waals surface area contributed by atoms with Gasteiger partial charge in [0.2, 0.25) is 5.89 Å². The number of nitrogens with zero attached hydrogens (tertiary/aromatic N) is 5. The number of hydrogen-bond acceptors (Lipinski definition) is 5. The molecule has 124 valence electrons. The standard InChI is InChI=1S/C17H25N5O/c1-3-22-11-15(10-18-22)13-6-8-21(9-7-13)12(2)17-19-16(20-23-17)14-4-5-14/h10-14H,3-9H2,1-2H3/t12-/m0/s1. The highest BCUT2D eigenvalue weighted by Gasteiger charge is 2.32. The third kappa shape index (κ3) is 3.04. The second kappa shape index (κ2) is 6.07. The van der Waals surface area contributed by atoms with Crippen LogP contribution >= 0.6 is 0 Å². The first-order chi connectivity index (χ1) is 11.2. The van der Waals surface area contributed by atoms with E-state index < -0.39 is 0 Å². The second-order valence-electron chi connectivity index (χ2n) is 6.88. The van der Waals surface area contributed by atoms with Crippen molar-refractivity contribution in [3.05, 3.63) is 29.7 Å². The summed E-state index contributed by atoms with van der Waals surface area (Å²) in [6, 6.07) is 0.217. The molecule has 1 saturated carbocycles. The summed E-state index contributed by atoms with van der Waals surface area (Å²) in [7, 11) is 0. The van der Waals surface area contributed by atoms with Crippen molar-refractivity contribution < 1.29 is 4.52 Å². The Kier molecular flexibility index (Phi) is 3.93. The van der Waals surface area contributed by atoms with Gasteiger partial charge in [0.05, 0.1) is 12.2 Å². The Morgan fingerprint density at radius 1 is 1.22 bits per heavy atom. The zero-order valence-electron chi connectivity index (χ0n) is 14.0. The molecule has 2 fully saturated rings. The summed E-state index contributed by atoms with van der Waals surface area (Å²) in [6.45, 7) is 7.39. The zero-order valence-corrected chi connectivity index (χ0v) is 14.0. The van der Waals surface area contributed by atoms with E-state index in [2.05, 4.69) is 40.2 Å². The monoisotopic (exact) mass is 315 g/mol. The molecule has 23 heavy (non-hydrogen) atoms. The van der Waals surface area contributed by atoms with E-state index in [4.69, 9.17) is 4.52 Å². The van der Waals surface area contributed by atoms with Gasteiger partial charge in [0, 0.05) is 18.7 Å². The minimum atomic E-state index is 0.217. The van der Waals surface area contributed by atoms with Gasteiger partial charge in [-0.05, 0) is 64.1 Å². The van der Waals surface area contributed by atoms with Crippen molar-refractivity contribution in [3.63, 3.8) is 0 Å². The number of rotatable bonds is 5. The second-order valence-corrected chi connectivity index (χ2v) is 6.88. The van der Waals surface area contributed by atoms with Crippen LogP contribution in [-0.2, 0) is 6.54 Å². The number of likely N-dealkylation sites (tertiary alicyclic amines) is 1. The molecule has 3 heterocycles. The Balaban J connectivity index is 1.36. The molecule has 0 bridgehead atoms. The molecule has 0 spiro atoms. The van der Waals surface area contributed by atoms with Gasteiger partial charge < -0.3 is 4.52 Å². The minimum Gasteiger partial charge on any atom is -0.338 e. The van der Waals surface area contributed by atoms with Gasteiger partial charge in [-0.25, -0.2) is 0 Å². The van der Waals surface area contributed by atoms with Crippen molar-refractivity contribution in [2.24, 2.45) is 0 Å². The topological polar surface area (TPSA) is 60.0 Å². The number of piperidine rings is 1. The van der Waals surface area contributed by atoms with Crippen molar-refractivity contribution in [2.75, 3.05) is 13.1 Å². The van der Waals surface area contributed by atoms with E-state index in [0.29, 0.717) is 11.8 Å². The van der Waals surface area contributed by atoms with Crippen molar-refractivity contribution in [2.45, 2.75) is 64.0 Å². The summed E-state index contributed by atoms with van der Waals surface area (Å²) in [4.78, 5) is 7.07. The van der Waals surface area contributed by atoms with Crippen molar-refractivity contribution in [3.8, 4) is 0 Å². The highest BCUT2D eigenvalue weighted by Crippen LogP contribution is 2.39. The van der Waals surface area contributed by atoms with Gasteiger partial charge in [0.1, 0.15) is 0 Å². The predicted octanol–water partition coefficient (Wildman–Crippen LogP) is 3.10. The number of aromatic nitrogens is 4. The molecule has 6 nitrogen and oxygen atoms in total. The van der Waals surface area contributed by atoms with Gasteiger partial charge in [0.25, 0.3) is 0 Å². The molecular formula is C17H25N5O. The van der Waals surface area contributed by atoms with Gasteiger partial charge in [0.15, 0.2) is 5.82 Å². The molecule has 0 unspecified atom stereocenters. The van der Waals surface area contributed by atoms with Gasteiger partial charge in [-0.15, -0.1) is 0 Å². The molecule has 1 saturated heterocycles. The van der Waals surface area contributed by atoms with Crippen LogP contribution in [0.5, 0.6) is 0 Å². The van der Waals surface area contributed by atoms with Crippen LogP contribution < -0.4 is 0 Å². The lowest BCUT2D eigenvalue weighted by atomic mass is 9.91. The van der Waals surface area contributed by atoms with E-state index in [0.717, 1.165) is 31.3 Å². The quantitative estimate of drug-likeness (QED) is 0.848. The first-order valence-corrected chi connectivity index (χ1v) is 8.84. The molecule has 2 aliphatic rings. The molecular weight excluding hydrogens is 290 g/mol. The molecule has 0 amide bonds. The summed E-state index contributed by atoms with van der Waals surface area (Å²) in [6.07, 6.45) is 9.00. The third-order valence-corrected chi connectivity index (χ3v) is 5.28. The van der Waals surface area contributed by atoms with E-state index in [9.17, 15) is 0 Å². The van der Waals surface area contributed by atoms with Crippen LogP contribution in [-0.4, -0.2) is 37.9 Å². The molecule has 6 heteroatoms. The molecule has 0 radical (unpaired) electrons. The Morgan fingerprint density at radius 2 is 2.00 bits per heavy atom.